The van der Waals surface area contributed by atoms with Crippen molar-refractivity contribution in [1.82, 2.24) is 4.90 Å². The monoisotopic (exact) mass is 293 g/mol. The van der Waals surface area contributed by atoms with Gasteiger partial charge >= 0.3 is 0 Å². The van der Waals surface area contributed by atoms with Gasteiger partial charge in [0.05, 0.1) is 0 Å². The second-order valence-electron chi connectivity index (χ2n) is 6.41. The van der Waals surface area contributed by atoms with E-state index < -0.39 is 0 Å². The molecule has 0 spiro atoms. The molecule has 0 aliphatic carbocycles. The highest BCUT2D eigenvalue weighted by atomic mass is 19.1. The first-order valence-corrected chi connectivity index (χ1v) is 7.93. The standard InChI is InChI=1S/C17H28FN3/c1-4-14(19)10-15-16(18)6-5-7-17(15)21(3)12-13-8-9-20(2)11-13/h5-7,13-14H,4,8-12,19H2,1-3H3. The van der Waals surface area contributed by atoms with Crippen molar-refractivity contribution >= 4 is 5.69 Å². The molecule has 4 heteroatoms. The number of likely N-dealkylation sites (tertiary alicyclic amines) is 1. The predicted octanol–water partition coefficient (Wildman–Crippen LogP) is 2.49. The van der Waals surface area contributed by atoms with Crippen molar-refractivity contribution in [2.24, 2.45) is 11.7 Å². The van der Waals surface area contributed by atoms with Gasteiger partial charge < -0.3 is 15.5 Å². The highest BCUT2D eigenvalue weighted by Crippen LogP contribution is 2.26. The molecule has 0 amide bonds. The summed E-state index contributed by atoms with van der Waals surface area (Å²) in [5.74, 6) is 0.530. The van der Waals surface area contributed by atoms with Gasteiger partial charge in [-0.2, -0.15) is 0 Å². The molecule has 0 aromatic heterocycles. The molecule has 118 valence electrons. The fraction of sp³-hybridized carbons (Fsp3) is 0.647. The Morgan fingerprint density at radius 1 is 1.48 bits per heavy atom. The molecule has 21 heavy (non-hydrogen) atoms. The SMILES string of the molecule is CCC(N)Cc1c(F)cccc1N(C)CC1CCN(C)C1. The highest BCUT2D eigenvalue weighted by molar-refractivity contribution is 5.54. The van der Waals surface area contributed by atoms with Crippen LogP contribution in [-0.4, -0.2) is 44.7 Å². The summed E-state index contributed by atoms with van der Waals surface area (Å²) >= 11 is 0. The fourth-order valence-electron chi connectivity index (χ4n) is 3.17. The third kappa shape index (κ3) is 4.17. The van der Waals surface area contributed by atoms with E-state index in [0.717, 1.165) is 37.3 Å². The van der Waals surface area contributed by atoms with Gasteiger partial charge in [0, 0.05) is 37.4 Å². The summed E-state index contributed by atoms with van der Waals surface area (Å²) in [6, 6.07) is 5.37. The van der Waals surface area contributed by atoms with E-state index in [0.29, 0.717) is 12.3 Å². The summed E-state index contributed by atoms with van der Waals surface area (Å²) in [6.45, 7) is 5.31. The maximum absolute atomic E-state index is 14.2. The van der Waals surface area contributed by atoms with E-state index in [1.165, 1.54) is 6.42 Å². The number of hydrogen-bond donors (Lipinski definition) is 1. The minimum absolute atomic E-state index is 0.0201. The van der Waals surface area contributed by atoms with Crippen LogP contribution in [0.4, 0.5) is 10.1 Å². The molecule has 1 fully saturated rings. The van der Waals surface area contributed by atoms with E-state index in [1.54, 1.807) is 12.1 Å². The van der Waals surface area contributed by atoms with Crippen LogP contribution >= 0.6 is 0 Å². The van der Waals surface area contributed by atoms with E-state index >= 15 is 0 Å². The molecule has 1 saturated heterocycles. The van der Waals surface area contributed by atoms with E-state index in [-0.39, 0.29) is 11.9 Å². The highest BCUT2D eigenvalue weighted by Gasteiger charge is 2.22. The molecule has 1 aliphatic heterocycles. The first kappa shape index (κ1) is 16.2. The van der Waals surface area contributed by atoms with E-state index in [1.807, 2.05) is 13.0 Å². The predicted molar refractivity (Wildman–Crippen MR) is 87.2 cm³/mol. The minimum Gasteiger partial charge on any atom is -0.374 e. The zero-order chi connectivity index (χ0) is 15.4. The molecule has 2 unspecified atom stereocenters. The van der Waals surface area contributed by atoms with Gasteiger partial charge in [0.1, 0.15) is 5.82 Å². The summed E-state index contributed by atoms with van der Waals surface area (Å²) < 4.78 is 14.2. The van der Waals surface area contributed by atoms with Crippen LogP contribution in [0.3, 0.4) is 0 Å². The van der Waals surface area contributed by atoms with Crippen molar-refractivity contribution < 1.29 is 4.39 Å². The quantitative estimate of drug-likeness (QED) is 0.874. The molecule has 2 N–H and O–H groups in total. The maximum atomic E-state index is 14.2. The second kappa shape index (κ2) is 7.23. The molecule has 1 aromatic rings. The maximum Gasteiger partial charge on any atom is 0.128 e. The largest absolute Gasteiger partial charge is 0.374 e. The normalized spacial score (nSPS) is 20.7. The fourth-order valence-corrected chi connectivity index (χ4v) is 3.17. The van der Waals surface area contributed by atoms with Crippen LogP contribution in [0.5, 0.6) is 0 Å². The molecule has 0 saturated carbocycles. The van der Waals surface area contributed by atoms with Crippen LogP contribution in [0.1, 0.15) is 25.3 Å². The van der Waals surface area contributed by atoms with E-state index in [2.05, 4.69) is 23.9 Å². The van der Waals surface area contributed by atoms with E-state index in [9.17, 15) is 4.39 Å². The first-order valence-electron chi connectivity index (χ1n) is 7.93. The van der Waals surface area contributed by atoms with Crippen molar-refractivity contribution in [2.75, 3.05) is 38.6 Å². The van der Waals surface area contributed by atoms with Crippen molar-refractivity contribution in [3.05, 3.63) is 29.6 Å². The van der Waals surface area contributed by atoms with Crippen LogP contribution in [0, 0.1) is 11.7 Å². The van der Waals surface area contributed by atoms with Crippen molar-refractivity contribution in [2.45, 2.75) is 32.2 Å². The number of anilines is 1. The Balaban J connectivity index is 2.12. The number of nitrogens with zero attached hydrogens (tertiary/aromatic N) is 2. The molecule has 1 heterocycles. The lowest BCUT2D eigenvalue weighted by molar-refractivity contribution is 0.395. The molecule has 1 aromatic carbocycles. The van der Waals surface area contributed by atoms with Gasteiger partial charge in [-0.05, 0) is 50.9 Å². The average molecular weight is 293 g/mol. The third-order valence-corrected chi connectivity index (χ3v) is 4.52. The van der Waals surface area contributed by atoms with Crippen LogP contribution in [0.2, 0.25) is 0 Å². The lowest BCUT2D eigenvalue weighted by Gasteiger charge is -2.26. The van der Waals surface area contributed by atoms with Crippen molar-refractivity contribution in [3.63, 3.8) is 0 Å². The van der Waals surface area contributed by atoms with Crippen LogP contribution in [-0.2, 0) is 6.42 Å². The lowest BCUT2D eigenvalue weighted by atomic mass is 10.0. The molecule has 0 radical (unpaired) electrons. The molecular formula is C17H28FN3. The zero-order valence-corrected chi connectivity index (χ0v) is 13.5. The number of nitrogens with two attached hydrogens (primary N) is 1. The summed E-state index contributed by atoms with van der Waals surface area (Å²) in [7, 11) is 4.22. The smallest absolute Gasteiger partial charge is 0.128 e. The second-order valence-corrected chi connectivity index (χ2v) is 6.41. The van der Waals surface area contributed by atoms with E-state index in [4.69, 9.17) is 5.73 Å². The summed E-state index contributed by atoms with van der Waals surface area (Å²) in [5, 5.41) is 0. The average Bonchev–Trinajstić information content (AvgIpc) is 2.86. The Bertz CT molecular complexity index is 463. The number of hydrogen-bond acceptors (Lipinski definition) is 3. The van der Waals surface area contributed by atoms with Gasteiger partial charge in [0.2, 0.25) is 0 Å². The zero-order valence-electron chi connectivity index (χ0n) is 13.5. The van der Waals surface area contributed by atoms with Gasteiger partial charge in [0.15, 0.2) is 0 Å². The lowest BCUT2D eigenvalue weighted by Crippen LogP contribution is -2.29. The van der Waals surface area contributed by atoms with Gasteiger partial charge in [-0.25, -0.2) is 4.39 Å². The molecule has 3 nitrogen and oxygen atoms in total. The molecular weight excluding hydrogens is 265 g/mol. The molecule has 2 atom stereocenters. The first-order chi connectivity index (χ1) is 10.0. The Hall–Kier alpha value is -1.13. The van der Waals surface area contributed by atoms with Gasteiger partial charge in [-0.15, -0.1) is 0 Å². The Morgan fingerprint density at radius 2 is 2.24 bits per heavy atom. The minimum atomic E-state index is -0.133. The van der Waals surface area contributed by atoms with Gasteiger partial charge in [0.25, 0.3) is 0 Å². The topological polar surface area (TPSA) is 32.5 Å². The van der Waals surface area contributed by atoms with Crippen molar-refractivity contribution in [3.8, 4) is 0 Å². The van der Waals surface area contributed by atoms with Crippen LogP contribution in [0.25, 0.3) is 0 Å². The van der Waals surface area contributed by atoms with Crippen LogP contribution < -0.4 is 10.6 Å². The Morgan fingerprint density at radius 3 is 2.86 bits per heavy atom. The number of rotatable bonds is 6. The summed E-state index contributed by atoms with van der Waals surface area (Å²) in [6.07, 6.45) is 2.69. The van der Waals surface area contributed by atoms with Crippen molar-refractivity contribution in [1.29, 1.82) is 0 Å². The summed E-state index contributed by atoms with van der Waals surface area (Å²) in [5.41, 5.74) is 7.79. The Labute approximate surface area is 127 Å². The number of halogens is 1. The van der Waals surface area contributed by atoms with Crippen LogP contribution in [0.15, 0.2) is 18.2 Å². The summed E-state index contributed by atoms with van der Waals surface area (Å²) in [4.78, 5) is 4.56. The molecule has 2 rings (SSSR count). The molecule has 1 aliphatic rings. The van der Waals surface area contributed by atoms with Gasteiger partial charge in [-0.1, -0.05) is 13.0 Å². The number of benzene rings is 1. The van der Waals surface area contributed by atoms with Gasteiger partial charge in [-0.3, -0.25) is 0 Å². The Kier molecular flexibility index (Phi) is 5.59. The molecule has 0 bridgehead atoms. The third-order valence-electron chi connectivity index (χ3n) is 4.52.